The van der Waals surface area contributed by atoms with Gasteiger partial charge in [0.2, 0.25) is 11.8 Å². The summed E-state index contributed by atoms with van der Waals surface area (Å²) in [7, 11) is 5.70. The minimum Gasteiger partial charge on any atom is -0.497 e. The fourth-order valence-corrected chi connectivity index (χ4v) is 4.37. The highest BCUT2D eigenvalue weighted by Gasteiger charge is 2.41. The van der Waals surface area contributed by atoms with Crippen LogP contribution in [0.1, 0.15) is 24.8 Å². The fraction of sp³-hybridized carbons (Fsp3) is 0.636. The molecule has 3 rings (SSSR count). The molecule has 7 heteroatoms. The van der Waals surface area contributed by atoms with Gasteiger partial charge in [0.1, 0.15) is 5.75 Å². The summed E-state index contributed by atoms with van der Waals surface area (Å²) in [5, 5.41) is 3.05. The van der Waals surface area contributed by atoms with E-state index >= 15 is 0 Å². The molecule has 1 atom stereocenters. The molecule has 7 nitrogen and oxygen atoms in total. The minimum absolute atomic E-state index is 0.0119. The molecule has 2 fully saturated rings. The van der Waals surface area contributed by atoms with Crippen LogP contribution in [-0.4, -0.2) is 92.5 Å². The predicted octanol–water partition coefficient (Wildman–Crippen LogP) is 0.982. The molecule has 1 N–H and O–H groups in total. The van der Waals surface area contributed by atoms with Gasteiger partial charge >= 0.3 is 0 Å². The molecule has 2 heterocycles. The lowest BCUT2D eigenvalue weighted by molar-refractivity contribution is -0.129. The summed E-state index contributed by atoms with van der Waals surface area (Å²) < 4.78 is 5.17. The van der Waals surface area contributed by atoms with Crippen LogP contribution in [0.25, 0.3) is 0 Å². The number of likely N-dealkylation sites (tertiary alicyclic amines) is 1. The first kappa shape index (κ1) is 21.6. The van der Waals surface area contributed by atoms with E-state index in [1.165, 1.54) is 5.56 Å². The molecule has 0 aliphatic carbocycles. The van der Waals surface area contributed by atoms with Crippen molar-refractivity contribution >= 4 is 11.8 Å². The van der Waals surface area contributed by atoms with Gasteiger partial charge in [0.05, 0.1) is 13.7 Å². The highest BCUT2D eigenvalue weighted by molar-refractivity contribution is 5.78. The Kier molecular flexibility index (Phi) is 7.14. The predicted molar refractivity (Wildman–Crippen MR) is 113 cm³/mol. The number of ether oxygens (including phenoxy) is 1. The summed E-state index contributed by atoms with van der Waals surface area (Å²) in [6, 6.07) is 7.94. The maximum Gasteiger partial charge on any atom is 0.234 e. The number of amides is 2. The molecule has 1 spiro atoms. The smallest absolute Gasteiger partial charge is 0.234 e. The lowest BCUT2D eigenvalue weighted by Gasteiger charge is -2.49. The average molecular weight is 403 g/mol. The molecular weight excluding hydrogens is 368 g/mol. The zero-order chi connectivity index (χ0) is 20.9. The van der Waals surface area contributed by atoms with Gasteiger partial charge < -0.3 is 15.0 Å². The summed E-state index contributed by atoms with van der Waals surface area (Å²) in [5.74, 6) is 1.14. The van der Waals surface area contributed by atoms with E-state index in [1.807, 2.05) is 36.2 Å². The lowest BCUT2D eigenvalue weighted by Crippen LogP contribution is -2.62. The monoisotopic (exact) mass is 402 g/mol. The molecule has 0 bridgehead atoms. The van der Waals surface area contributed by atoms with Crippen LogP contribution < -0.4 is 10.1 Å². The third kappa shape index (κ3) is 5.48. The Morgan fingerprint density at radius 3 is 2.62 bits per heavy atom. The zero-order valence-electron chi connectivity index (χ0n) is 17.9. The first-order chi connectivity index (χ1) is 13.9. The maximum atomic E-state index is 12.5. The molecule has 2 aliphatic heterocycles. The third-order valence-corrected chi connectivity index (χ3v) is 6.48. The number of carbonyl (C=O) groups is 2. The van der Waals surface area contributed by atoms with Gasteiger partial charge in [-0.25, -0.2) is 0 Å². The second-order valence-corrected chi connectivity index (χ2v) is 8.37. The number of nitrogens with one attached hydrogen (secondary N) is 1. The molecule has 160 valence electrons. The number of rotatable bonds is 6. The molecule has 0 saturated carbocycles. The van der Waals surface area contributed by atoms with Crippen LogP contribution in [0, 0.1) is 0 Å². The van der Waals surface area contributed by atoms with Crippen LogP contribution in [0.3, 0.4) is 0 Å². The number of likely N-dealkylation sites (N-methyl/N-ethyl adjacent to an activating group) is 1. The van der Waals surface area contributed by atoms with E-state index in [1.54, 1.807) is 7.11 Å². The molecule has 0 radical (unpaired) electrons. The van der Waals surface area contributed by atoms with Crippen LogP contribution >= 0.6 is 0 Å². The quantitative estimate of drug-likeness (QED) is 0.769. The first-order valence-corrected chi connectivity index (χ1v) is 10.5. The van der Waals surface area contributed by atoms with Crippen LogP contribution in [-0.2, 0) is 16.0 Å². The standard InChI is InChI=1S/C22H34N4O3/c1-24-13-11-22(10-8-21(24)28)17-26(15-14-25(22)2)16-20(27)23-12-9-18-4-6-19(29-3)7-5-18/h4-7H,8-17H2,1-3H3,(H,23,27)/t22-/m0/s1. The van der Waals surface area contributed by atoms with Gasteiger partial charge in [-0.2, -0.15) is 0 Å². The molecule has 2 amide bonds. The van der Waals surface area contributed by atoms with Crippen molar-refractivity contribution < 1.29 is 14.3 Å². The largest absolute Gasteiger partial charge is 0.497 e. The Morgan fingerprint density at radius 1 is 1.14 bits per heavy atom. The van der Waals surface area contributed by atoms with E-state index in [9.17, 15) is 9.59 Å². The normalized spacial score (nSPS) is 23.8. The highest BCUT2D eigenvalue weighted by atomic mass is 16.5. The van der Waals surface area contributed by atoms with Crippen molar-refractivity contribution in [2.75, 3.05) is 60.5 Å². The fourth-order valence-electron chi connectivity index (χ4n) is 4.37. The second kappa shape index (κ2) is 9.59. The van der Waals surface area contributed by atoms with Gasteiger partial charge in [-0.15, -0.1) is 0 Å². The summed E-state index contributed by atoms with van der Waals surface area (Å²) >= 11 is 0. The summed E-state index contributed by atoms with van der Waals surface area (Å²) in [4.78, 5) is 31.1. The van der Waals surface area contributed by atoms with Crippen LogP contribution in [0.2, 0.25) is 0 Å². The molecule has 2 saturated heterocycles. The van der Waals surface area contributed by atoms with Gasteiger partial charge in [0, 0.05) is 51.7 Å². The Balaban J connectivity index is 1.47. The molecule has 0 unspecified atom stereocenters. The first-order valence-electron chi connectivity index (χ1n) is 10.5. The molecule has 0 aromatic heterocycles. The van der Waals surface area contributed by atoms with Crippen molar-refractivity contribution in [3.63, 3.8) is 0 Å². The summed E-state index contributed by atoms with van der Waals surface area (Å²) in [5.41, 5.74) is 1.17. The Bertz CT molecular complexity index is 709. The number of hydrogen-bond donors (Lipinski definition) is 1. The van der Waals surface area contributed by atoms with E-state index in [0.717, 1.165) is 51.2 Å². The number of hydrogen-bond acceptors (Lipinski definition) is 5. The SMILES string of the molecule is COc1ccc(CCNC(=O)CN2CCN(C)[C@]3(CCC(=O)N(C)CC3)C2)cc1. The second-order valence-electron chi connectivity index (χ2n) is 8.37. The van der Waals surface area contributed by atoms with Crippen molar-refractivity contribution in [2.24, 2.45) is 0 Å². The van der Waals surface area contributed by atoms with Crippen molar-refractivity contribution in [3.8, 4) is 5.75 Å². The van der Waals surface area contributed by atoms with Gasteiger partial charge in [0.15, 0.2) is 0 Å². The summed E-state index contributed by atoms with van der Waals surface area (Å²) in [6.45, 7) is 4.48. The highest BCUT2D eigenvalue weighted by Crippen LogP contribution is 2.31. The minimum atomic E-state index is -0.0119. The number of piperazine rings is 1. The van der Waals surface area contributed by atoms with Crippen LogP contribution in [0.15, 0.2) is 24.3 Å². The Labute approximate surface area is 174 Å². The lowest BCUT2D eigenvalue weighted by atomic mass is 9.86. The van der Waals surface area contributed by atoms with E-state index in [-0.39, 0.29) is 17.4 Å². The zero-order valence-corrected chi connectivity index (χ0v) is 17.9. The van der Waals surface area contributed by atoms with Crippen molar-refractivity contribution in [3.05, 3.63) is 29.8 Å². The molecule has 29 heavy (non-hydrogen) atoms. The van der Waals surface area contributed by atoms with E-state index in [2.05, 4.69) is 22.2 Å². The number of benzene rings is 1. The average Bonchev–Trinajstić information content (AvgIpc) is 2.86. The molecular formula is C22H34N4O3. The van der Waals surface area contributed by atoms with Gasteiger partial charge in [-0.3, -0.25) is 19.4 Å². The van der Waals surface area contributed by atoms with Crippen molar-refractivity contribution in [1.82, 2.24) is 20.0 Å². The number of nitrogens with zero attached hydrogens (tertiary/aromatic N) is 3. The molecule has 1 aromatic rings. The number of methoxy groups -OCH3 is 1. The third-order valence-electron chi connectivity index (χ3n) is 6.48. The number of carbonyl (C=O) groups excluding carboxylic acids is 2. The van der Waals surface area contributed by atoms with Gasteiger partial charge in [-0.05, 0) is 44.0 Å². The molecule has 1 aromatic carbocycles. The van der Waals surface area contributed by atoms with Gasteiger partial charge in [-0.1, -0.05) is 12.1 Å². The van der Waals surface area contributed by atoms with Crippen molar-refractivity contribution in [1.29, 1.82) is 0 Å². The van der Waals surface area contributed by atoms with Crippen molar-refractivity contribution in [2.45, 2.75) is 31.2 Å². The Hall–Kier alpha value is -2.12. The Morgan fingerprint density at radius 2 is 1.90 bits per heavy atom. The summed E-state index contributed by atoms with van der Waals surface area (Å²) in [6.07, 6.45) is 3.21. The van der Waals surface area contributed by atoms with E-state index < -0.39 is 0 Å². The van der Waals surface area contributed by atoms with Crippen LogP contribution in [0.5, 0.6) is 5.75 Å². The van der Waals surface area contributed by atoms with Crippen LogP contribution in [0.4, 0.5) is 0 Å². The maximum absolute atomic E-state index is 12.5. The topological polar surface area (TPSA) is 65.1 Å². The molecule has 2 aliphatic rings. The van der Waals surface area contributed by atoms with Gasteiger partial charge in [0.25, 0.3) is 0 Å². The van der Waals surface area contributed by atoms with E-state index in [0.29, 0.717) is 19.5 Å². The van der Waals surface area contributed by atoms with E-state index in [4.69, 9.17) is 4.74 Å².